The summed E-state index contributed by atoms with van der Waals surface area (Å²) < 4.78 is 123. The Labute approximate surface area is 470 Å². The summed E-state index contributed by atoms with van der Waals surface area (Å²) in [6.45, 7) is -0.0315. The van der Waals surface area contributed by atoms with Crippen molar-refractivity contribution in [1.82, 2.24) is 46.2 Å². The predicted molar refractivity (Wildman–Crippen MR) is 289 cm³/mol. The highest BCUT2D eigenvalue weighted by Gasteiger charge is 2.40. The number of phosphoric ester groups is 1. The van der Waals surface area contributed by atoms with Crippen LogP contribution in [0.1, 0.15) is 0 Å². The van der Waals surface area contributed by atoms with Crippen LogP contribution in [0.25, 0.3) is 67.5 Å². The van der Waals surface area contributed by atoms with Crippen LogP contribution in [-0.4, -0.2) is 131 Å². The van der Waals surface area contributed by atoms with Gasteiger partial charge >= 0.3 is 7.82 Å². The lowest BCUT2D eigenvalue weighted by Crippen LogP contribution is -2.11. The van der Waals surface area contributed by atoms with Crippen molar-refractivity contribution >= 4 is 7.82 Å². The number of nitrogens with one attached hydrogen (secondary N) is 3. The van der Waals surface area contributed by atoms with Crippen molar-refractivity contribution < 1.29 is 89.2 Å². The number of hydrogen-bond donors (Lipinski definition) is 3. The molecule has 3 aromatic heterocycles. The number of H-pyrrole nitrogens is 3. The maximum Gasteiger partial charge on any atom is 0.647 e. The Morgan fingerprint density at radius 1 is 0.313 bits per heavy atom. The largest absolute Gasteiger partial charge is 0.647 e. The number of aromatic nitrogens is 9. The Hall–Kier alpha value is -10.6. The molecular weight excluding hydrogens is 1110 g/mol. The normalized spacial score (nSPS) is 12.6. The fourth-order valence-corrected chi connectivity index (χ4v) is 10.8. The van der Waals surface area contributed by atoms with Crippen LogP contribution in [-0.2, 0) is 4.57 Å². The molecule has 0 spiro atoms. The number of aromatic amines is 3. The van der Waals surface area contributed by atoms with Crippen molar-refractivity contribution in [2.75, 3.05) is 84.4 Å². The van der Waals surface area contributed by atoms with E-state index in [1.165, 1.54) is 82.2 Å². The Balaban J connectivity index is 1.02. The summed E-state index contributed by atoms with van der Waals surface area (Å²) in [5.74, 6) is 3.17. The molecule has 0 fully saturated rings. The molecular formula is C54H48N9O19P. The van der Waals surface area contributed by atoms with Crippen LogP contribution in [0.4, 0.5) is 0 Å². The fourth-order valence-electron chi connectivity index (χ4n) is 9.52. The Morgan fingerprint density at radius 3 is 0.783 bits per heavy atom. The smallest absolute Gasteiger partial charge is 0.493 e. The quantitative estimate of drug-likeness (QED) is 0.0565. The SMILES string of the molecule is COc1cc(-c2n[nH]nc2-c2cc(OC)c3c(c2)OCO3)cc(OP(=O)(Oc2cc(-c3n[nH]nc3-c3cc(OC)c4c(c3)OCO4)cc(OC)c2OC)Oc2cc(-c3n[nH]nc3-c3cc(OC)c4c(c3)OCO4)cc(OC)c2OC)c1OC. The molecule has 0 saturated heterocycles. The molecule has 0 bridgehead atoms. The van der Waals surface area contributed by atoms with E-state index in [1.54, 1.807) is 54.6 Å². The number of phosphoric acid groups is 1. The molecule has 6 aromatic carbocycles. The van der Waals surface area contributed by atoms with Gasteiger partial charge in [0, 0.05) is 33.4 Å². The summed E-state index contributed by atoms with van der Waals surface area (Å²) in [6, 6.07) is 19.7. The Kier molecular flexibility index (Phi) is 13.9. The van der Waals surface area contributed by atoms with Gasteiger partial charge in [0.05, 0.1) is 64.0 Å². The van der Waals surface area contributed by atoms with Gasteiger partial charge in [-0.05, 0) is 72.8 Å². The minimum Gasteiger partial charge on any atom is -0.493 e. The topological polar surface area (TPSA) is 308 Å². The zero-order chi connectivity index (χ0) is 57.5. The van der Waals surface area contributed by atoms with E-state index < -0.39 is 7.82 Å². The van der Waals surface area contributed by atoms with Gasteiger partial charge in [-0.2, -0.15) is 50.8 Å². The summed E-state index contributed by atoms with van der Waals surface area (Å²) >= 11 is 0. The van der Waals surface area contributed by atoms with Crippen LogP contribution < -0.4 is 84.6 Å². The standard InChI is InChI=1S/C54H48N9O19P/c1-65-31-10-28(46-43(55-61-58-46)25-13-34(68-4)52-37(16-25)74-22-77-52)19-40(49(31)71-7)80-83(64,81-41-20-29(11-32(66-2)50(41)72-8)47-44(56-62-59-47)26-14-35(69-5)53-38(17-26)75-23-78-53)82-42-21-30(12-33(67-3)51(42)73-9)48-45(57-63-60-48)27-15-36(70-6)54-39(18-27)76-24-79-54/h10-21H,22-24H2,1-9H3,(H,55,58,61)(H,56,59,62)(H,57,60,63). The van der Waals surface area contributed by atoms with E-state index in [4.69, 9.17) is 84.6 Å². The molecule has 3 aliphatic heterocycles. The second-order valence-electron chi connectivity index (χ2n) is 17.7. The number of methoxy groups -OCH3 is 9. The van der Waals surface area contributed by atoms with Gasteiger partial charge in [0.15, 0.2) is 69.0 Å². The lowest BCUT2D eigenvalue weighted by molar-refractivity contribution is 0.171. The van der Waals surface area contributed by atoms with E-state index in [2.05, 4.69) is 46.2 Å². The van der Waals surface area contributed by atoms with Gasteiger partial charge in [-0.3, -0.25) is 0 Å². The molecule has 0 unspecified atom stereocenters. The van der Waals surface area contributed by atoms with Gasteiger partial charge in [0.1, 0.15) is 34.2 Å². The highest BCUT2D eigenvalue weighted by molar-refractivity contribution is 7.49. The lowest BCUT2D eigenvalue weighted by atomic mass is 10.0. The monoisotopic (exact) mass is 1160 g/mol. The predicted octanol–water partition coefficient (Wildman–Crippen LogP) is 8.95. The van der Waals surface area contributed by atoms with Crippen molar-refractivity contribution in [3.8, 4) is 171 Å². The van der Waals surface area contributed by atoms with E-state index >= 15 is 4.57 Å². The summed E-state index contributed by atoms with van der Waals surface area (Å²) in [7, 11) is 7.49. The Bertz CT molecular complexity index is 3620. The highest BCUT2D eigenvalue weighted by Crippen LogP contribution is 2.60. The third-order valence-electron chi connectivity index (χ3n) is 13.2. The van der Waals surface area contributed by atoms with Crippen LogP contribution in [0, 0.1) is 0 Å². The van der Waals surface area contributed by atoms with Gasteiger partial charge < -0.3 is 84.6 Å². The third-order valence-corrected chi connectivity index (χ3v) is 14.5. The molecule has 3 N–H and O–H groups in total. The van der Waals surface area contributed by atoms with E-state index in [0.717, 1.165) is 0 Å². The minimum atomic E-state index is -5.34. The van der Waals surface area contributed by atoms with Gasteiger partial charge in [-0.25, -0.2) is 0 Å². The van der Waals surface area contributed by atoms with E-state index in [0.29, 0.717) is 102 Å². The van der Waals surface area contributed by atoms with Crippen molar-refractivity contribution in [3.63, 3.8) is 0 Å². The number of benzene rings is 6. The highest BCUT2D eigenvalue weighted by atomic mass is 31.2. The number of nitrogens with zero attached hydrogens (tertiary/aromatic N) is 6. The zero-order valence-electron chi connectivity index (χ0n) is 45.4. The van der Waals surface area contributed by atoms with Crippen molar-refractivity contribution in [1.29, 1.82) is 0 Å². The summed E-state index contributed by atoms with van der Waals surface area (Å²) in [6.07, 6.45) is 0. The molecule has 0 amide bonds. The summed E-state index contributed by atoms with van der Waals surface area (Å²) in [5, 5.41) is 35.1. The second-order valence-corrected chi connectivity index (χ2v) is 19.1. The molecule has 12 rings (SSSR count). The molecule has 428 valence electrons. The summed E-state index contributed by atoms with van der Waals surface area (Å²) in [4.78, 5) is 0. The molecule has 6 heterocycles. The number of ether oxygens (including phenoxy) is 15. The average molecular weight is 1160 g/mol. The first kappa shape index (κ1) is 53.0. The van der Waals surface area contributed by atoms with Crippen molar-refractivity contribution in [2.45, 2.75) is 0 Å². The molecule has 0 radical (unpaired) electrons. The van der Waals surface area contributed by atoms with Gasteiger partial charge in [-0.15, -0.1) is 0 Å². The van der Waals surface area contributed by atoms with Crippen LogP contribution in [0.15, 0.2) is 72.8 Å². The number of hydrogen-bond acceptors (Lipinski definition) is 25. The number of fused-ring (bicyclic) bond motifs is 3. The molecule has 0 atom stereocenters. The second kappa shape index (κ2) is 21.8. The van der Waals surface area contributed by atoms with E-state index in [-0.39, 0.29) is 89.2 Å². The molecule has 29 heteroatoms. The number of rotatable bonds is 21. The lowest BCUT2D eigenvalue weighted by Gasteiger charge is -2.24. The molecule has 9 aromatic rings. The minimum absolute atomic E-state index is 0.0105. The first-order chi connectivity index (χ1) is 40.5. The van der Waals surface area contributed by atoms with Crippen LogP contribution in [0.5, 0.6) is 103 Å². The first-order valence-electron chi connectivity index (χ1n) is 24.7. The molecule has 83 heavy (non-hydrogen) atoms. The maximum absolute atomic E-state index is 16.5. The molecule has 0 aliphatic carbocycles. The van der Waals surface area contributed by atoms with E-state index in [9.17, 15) is 0 Å². The van der Waals surface area contributed by atoms with Crippen molar-refractivity contribution in [2.24, 2.45) is 0 Å². The maximum atomic E-state index is 16.5. The fraction of sp³-hybridized carbons (Fsp3) is 0.222. The first-order valence-corrected chi connectivity index (χ1v) is 26.1. The third kappa shape index (κ3) is 9.48. The molecule has 28 nitrogen and oxygen atoms in total. The van der Waals surface area contributed by atoms with Crippen LogP contribution >= 0.6 is 7.82 Å². The van der Waals surface area contributed by atoms with Crippen molar-refractivity contribution in [3.05, 3.63) is 72.8 Å². The van der Waals surface area contributed by atoms with Crippen LogP contribution in [0.3, 0.4) is 0 Å². The van der Waals surface area contributed by atoms with Gasteiger partial charge in [0.25, 0.3) is 0 Å². The molecule has 3 aliphatic rings. The Morgan fingerprint density at radius 2 is 0.542 bits per heavy atom. The average Bonchev–Trinajstić information content (AvgIpc) is 4.46. The van der Waals surface area contributed by atoms with E-state index in [1.807, 2.05) is 0 Å². The summed E-state index contributed by atoms with van der Waals surface area (Å²) in [5.41, 5.74) is 4.43. The molecule has 0 saturated carbocycles. The van der Waals surface area contributed by atoms with Gasteiger partial charge in [0.2, 0.25) is 54.9 Å². The van der Waals surface area contributed by atoms with Gasteiger partial charge in [-0.1, -0.05) is 0 Å². The van der Waals surface area contributed by atoms with Crippen LogP contribution in [0.2, 0.25) is 0 Å². The zero-order valence-corrected chi connectivity index (χ0v) is 46.3.